The highest BCUT2D eigenvalue weighted by atomic mass is 79.9. The molecule has 0 bridgehead atoms. The van der Waals surface area contributed by atoms with E-state index in [0.717, 1.165) is 28.6 Å². The molecule has 0 atom stereocenters. The van der Waals surface area contributed by atoms with Crippen LogP contribution in [-0.4, -0.2) is 35.2 Å². The zero-order valence-electron chi connectivity index (χ0n) is 21.5. The fourth-order valence-electron chi connectivity index (χ4n) is 3.94. The van der Waals surface area contributed by atoms with Crippen LogP contribution in [0.3, 0.4) is 0 Å². The molecule has 0 aliphatic carbocycles. The van der Waals surface area contributed by atoms with Crippen molar-refractivity contribution in [2.45, 2.75) is 27.3 Å². The highest BCUT2D eigenvalue weighted by molar-refractivity contribution is 9.10. The smallest absolute Gasteiger partial charge is 0.293 e. The molecule has 10 heteroatoms. The molecule has 3 aromatic carbocycles. The molecule has 0 unspecified atom stereocenters. The molecule has 1 aliphatic heterocycles. The topological polar surface area (TPSA) is 84.9 Å². The first-order valence-electron chi connectivity index (χ1n) is 12.1. The molecule has 3 amide bonds. The SMILES string of the molecule is CCOc1cc(/C=C2\SC(=O)N(Cc3ccccc3Cl)C2=O)cc(Br)c1OCC(=O)Nc1ccc(C)cc1C. The van der Waals surface area contributed by atoms with Crippen LogP contribution in [-0.2, 0) is 16.1 Å². The maximum Gasteiger partial charge on any atom is 0.293 e. The van der Waals surface area contributed by atoms with E-state index in [1.54, 1.807) is 42.5 Å². The molecule has 1 saturated heterocycles. The van der Waals surface area contributed by atoms with Crippen molar-refractivity contribution in [1.82, 2.24) is 4.90 Å². The molecule has 7 nitrogen and oxygen atoms in total. The first-order chi connectivity index (χ1) is 18.7. The minimum atomic E-state index is -0.401. The third-order valence-electron chi connectivity index (χ3n) is 5.79. The fraction of sp³-hybridized carbons (Fsp3) is 0.207. The molecule has 0 radical (unpaired) electrons. The van der Waals surface area contributed by atoms with Crippen LogP contribution in [0, 0.1) is 13.8 Å². The van der Waals surface area contributed by atoms with Gasteiger partial charge < -0.3 is 14.8 Å². The van der Waals surface area contributed by atoms with E-state index in [-0.39, 0.29) is 29.2 Å². The van der Waals surface area contributed by atoms with Crippen molar-refractivity contribution in [3.05, 3.63) is 91.3 Å². The number of hydrogen-bond acceptors (Lipinski definition) is 6. The Morgan fingerprint density at radius 3 is 2.59 bits per heavy atom. The van der Waals surface area contributed by atoms with Crippen LogP contribution in [0.4, 0.5) is 10.5 Å². The Bertz CT molecular complexity index is 1480. The predicted molar refractivity (Wildman–Crippen MR) is 158 cm³/mol. The average molecular weight is 630 g/mol. The second kappa shape index (κ2) is 12.7. The number of benzene rings is 3. The lowest BCUT2D eigenvalue weighted by atomic mass is 10.1. The van der Waals surface area contributed by atoms with Crippen LogP contribution in [0.2, 0.25) is 5.02 Å². The van der Waals surface area contributed by atoms with Crippen molar-refractivity contribution in [2.24, 2.45) is 0 Å². The van der Waals surface area contributed by atoms with Gasteiger partial charge in [-0.2, -0.15) is 0 Å². The number of ether oxygens (including phenoxy) is 2. The number of amides is 3. The number of nitrogens with zero attached hydrogens (tertiary/aromatic N) is 1. The molecule has 3 aromatic rings. The van der Waals surface area contributed by atoms with Gasteiger partial charge in [0.1, 0.15) is 0 Å². The van der Waals surface area contributed by atoms with Crippen molar-refractivity contribution in [3.8, 4) is 11.5 Å². The largest absolute Gasteiger partial charge is 0.490 e. The normalized spacial score (nSPS) is 14.2. The van der Waals surface area contributed by atoms with Crippen molar-refractivity contribution < 1.29 is 23.9 Å². The van der Waals surface area contributed by atoms with Gasteiger partial charge in [-0.3, -0.25) is 19.3 Å². The zero-order valence-corrected chi connectivity index (χ0v) is 24.7. The molecule has 1 N–H and O–H groups in total. The highest BCUT2D eigenvalue weighted by Crippen LogP contribution is 2.40. The van der Waals surface area contributed by atoms with Gasteiger partial charge in [0.15, 0.2) is 18.1 Å². The third kappa shape index (κ3) is 7.03. The first-order valence-corrected chi connectivity index (χ1v) is 14.1. The lowest BCUT2D eigenvalue weighted by Crippen LogP contribution is -2.27. The lowest BCUT2D eigenvalue weighted by Gasteiger charge is -2.15. The summed E-state index contributed by atoms with van der Waals surface area (Å²) in [5, 5.41) is 2.98. The summed E-state index contributed by atoms with van der Waals surface area (Å²) < 4.78 is 12.1. The molecule has 4 rings (SSSR count). The standard InChI is InChI=1S/C29H26BrClN2O5S/c1-4-37-24-13-19(14-25-28(35)33(29(36)39-25)15-20-7-5-6-8-22(20)31)12-21(30)27(24)38-16-26(34)32-23-10-9-17(2)11-18(23)3/h5-14H,4,15-16H2,1-3H3,(H,32,34)/b25-14-. The Labute approximate surface area is 244 Å². The molecular formula is C29H26BrClN2O5S. The van der Waals surface area contributed by atoms with E-state index in [9.17, 15) is 14.4 Å². The number of halogens is 2. The third-order valence-corrected chi connectivity index (χ3v) is 7.66. The van der Waals surface area contributed by atoms with Gasteiger partial charge in [0.25, 0.3) is 17.1 Å². The summed E-state index contributed by atoms with van der Waals surface area (Å²) in [5.41, 5.74) is 4.10. The molecule has 0 spiro atoms. The summed E-state index contributed by atoms with van der Waals surface area (Å²) in [6, 6.07) is 16.3. The second-order valence-electron chi connectivity index (χ2n) is 8.78. The average Bonchev–Trinajstić information content (AvgIpc) is 3.14. The Kier molecular flexibility index (Phi) is 9.37. The fourth-order valence-corrected chi connectivity index (χ4v) is 5.54. The van der Waals surface area contributed by atoms with E-state index >= 15 is 0 Å². The van der Waals surface area contributed by atoms with Gasteiger partial charge in [0.2, 0.25) is 0 Å². The minimum absolute atomic E-state index is 0.0898. The van der Waals surface area contributed by atoms with Crippen molar-refractivity contribution in [3.63, 3.8) is 0 Å². The van der Waals surface area contributed by atoms with E-state index in [4.69, 9.17) is 21.1 Å². The second-order valence-corrected chi connectivity index (χ2v) is 11.0. The number of aryl methyl sites for hydroxylation is 2. The quantitative estimate of drug-likeness (QED) is 0.249. The monoisotopic (exact) mass is 628 g/mol. The number of thioether (sulfide) groups is 1. The maximum absolute atomic E-state index is 13.0. The first kappa shape index (κ1) is 28.7. The van der Waals surface area contributed by atoms with E-state index < -0.39 is 5.91 Å². The Hall–Kier alpha value is -3.27. The predicted octanol–water partition coefficient (Wildman–Crippen LogP) is 7.37. The van der Waals surface area contributed by atoms with Crippen LogP contribution >= 0.6 is 39.3 Å². The molecule has 39 heavy (non-hydrogen) atoms. The van der Waals surface area contributed by atoms with Crippen LogP contribution in [0.15, 0.2) is 64.0 Å². The van der Waals surface area contributed by atoms with Crippen molar-refractivity contribution in [2.75, 3.05) is 18.5 Å². The van der Waals surface area contributed by atoms with Gasteiger partial charge >= 0.3 is 0 Å². The van der Waals surface area contributed by atoms with Crippen LogP contribution in [0.1, 0.15) is 29.2 Å². The van der Waals surface area contributed by atoms with Gasteiger partial charge in [-0.25, -0.2) is 0 Å². The summed E-state index contributed by atoms with van der Waals surface area (Å²) in [6.07, 6.45) is 1.63. The molecular weight excluding hydrogens is 604 g/mol. The Balaban J connectivity index is 1.50. The summed E-state index contributed by atoms with van der Waals surface area (Å²) in [6.45, 7) is 5.97. The molecule has 1 aliphatic rings. The van der Waals surface area contributed by atoms with Crippen molar-refractivity contribution in [1.29, 1.82) is 0 Å². The van der Waals surface area contributed by atoms with Gasteiger partial charge in [-0.05, 0) is 95.5 Å². The number of imide groups is 1. The summed E-state index contributed by atoms with van der Waals surface area (Å²) in [5.74, 6) is 0.0410. The minimum Gasteiger partial charge on any atom is -0.490 e. The highest BCUT2D eigenvalue weighted by Gasteiger charge is 2.35. The summed E-state index contributed by atoms with van der Waals surface area (Å²) in [7, 11) is 0. The molecule has 0 aromatic heterocycles. The number of hydrogen-bond donors (Lipinski definition) is 1. The van der Waals surface area contributed by atoms with E-state index in [0.29, 0.717) is 38.7 Å². The van der Waals surface area contributed by atoms with E-state index in [1.807, 2.05) is 39.0 Å². The van der Waals surface area contributed by atoms with Crippen LogP contribution in [0.25, 0.3) is 6.08 Å². The molecule has 0 saturated carbocycles. The zero-order chi connectivity index (χ0) is 28.1. The van der Waals surface area contributed by atoms with Gasteiger partial charge in [-0.15, -0.1) is 0 Å². The van der Waals surface area contributed by atoms with Crippen LogP contribution in [0.5, 0.6) is 11.5 Å². The number of anilines is 1. The molecule has 202 valence electrons. The Morgan fingerprint density at radius 2 is 1.87 bits per heavy atom. The van der Waals surface area contributed by atoms with Crippen LogP contribution < -0.4 is 14.8 Å². The summed E-state index contributed by atoms with van der Waals surface area (Å²) >= 11 is 10.6. The number of nitrogens with one attached hydrogen (secondary N) is 1. The van der Waals surface area contributed by atoms with Crippen molar-refractivity contribution >= 4 is 68.1 Å². The summed E-state index contributed by atoms with van der Waals surface area (Å²) in [4.78, 5) is 39.6. The van der Waals surface area contributed by atoms with Gasteiger partial charge in [-0.1, -0.05) is 47.5 Å². The number of carbonyl (C=O) groups is 3. The van der Waals surface area contributed by atoms with Gasteiger partial charge in [0.05, 0.1) is 22.5 Å². The lowest BCUT2D eigenvalue weighted by molar-refractivity contribution is -0.123. The Morgan fingerprint density at radius 1 is 1.10 bits per heavy atom. The maximum atomic E-state index is 13.0. The molecule has 1 heterocycles. The number of carbonyl (C=O) groups excluding carboxylic acids is 3. The van der Waals surface area contributed by atoms with Gasteiger partial charge in [0, 0.05) is 10.7 Å². The number of rotatable bonds is 9. The van der Waals surface area contributed by atoms with E-state index in [1.165, 1.54) is 4.90 Å². The van der Waals surface area contributed by atoms with E-state index in [2.05, 4.69) is 21.2 Å². The molecule has 1 fully saturated rings.